The Bertz CT molecular complexity index is 723. The van der Waals surface area contributed by atoms with Gasteiger partial charge in [-0.3, -0.25) is 4.68 Å². The van der Waals surface area contributed by atoms with E-state index in [0.717, 1.165) is 23.3 Å². The van der Waals surface area contributed by atoms with Crippen LogP contribution in [0.3, 0.4) is 0 Å². The number of aryl methyl sites for hydroxylation is 1. The Hall–Kier alpha value is -0.890. The van der Waals surface area contributed by atoms with Crippen molar-refractivity contribution in [1.29, 1.82) is 0 Å². The Labute approximate surface area is 126 Å². The lowest BCUT2D eigenvalue weighted by Crippen LogP contribution is -2.29. The van der Waals surface area contributed by atoms with Crippen LogP contribution in [0, 0.1) is 6.92 Å². The predicted molar refractivity (Wildman–Crippen MR) is 78.7 cm³/mol. The van der Waals surface area contributed by atoms with Gasteiger partial charge in [-0.2, -0.15) is 9.40 Å². The largest absolute Gasteiger partial charge is 0.268 e. The topological polar surface area (TPSA) is 55.2 Å². The summed E-state index contributed by atoms with van der Waals surface area (Å²) in [6.45, 7) is 2.91. The smallest absolute Gasteiger partial charge is 0.254 e. The van der Waals surface area contributed by atoms with Crippen molar-refractivity contribution in [2.75, 3.05) is 13.1 Å². The zero-order valence-corrected chi connectivity index (χ0v) is 13.2. The Morgan fingerprint density at radius 1 is 1.50 bits per heavy atom. The molecule has 1 aliphatic rings. The van der Waals surface area contributed by atoms with E-state index in [1.807, 2.05) is 17.8 Å². The molecule has 0 aliphatic carbocycles. The van der Waals surface area contributed by atoms with Crippen molar-refractivity contribution in [3.8, 4) is 0 Å². The van der Waals surface area contributed by atoms with Crippen LogP contribution in [-0.4, -0.2) is 35.6 Å². The third-order valence-electron chi connectivity index (χ3n) is 3.39. The number of aromatic nitrogens is 2. The molecule has 0 spiro atoms. The molecule has 0 N–H and O–H groups in total. The van der Waals surface area contributed by atoms with Gasteiger partial charge in [0, 0.05) is 19.3 Å². The van der Waals surface area contributed by atoms with Crippen molar-refractivity contribution >= 4 is 33.0 Å². The van der Waals surface area contributed by atoms with E-state index < -0.39 is 10.0 Å². The summed E-state index contributed by atoms with van der Waals surface area (Å²) in [7, 11) is -3.48. The summed E-state index contributed by atoms with van der Waals surface area (Å²) < 4.78 is 28.6. The van der Waals surface area contributed by atoms with Gasteiger partial charge in [-0.1, -0.05) is 11.6 Å². The van der Waals surface area contributed by atoms with Gasteiger partial charge in [0.15, 0.2) is 4.21 Å². The fourth-order valence-electron chi connectivity index (χ4n) is 2.36. The SMILES string of the molecule is Cc1cnn(C2CCN(S(=O)(=O)c3sccc3Cl)C2)c1. The minimum atomic E-state index is -3.48. The molecule has 1 aliphatic heterocycles. The summed E-state index contributed by atoms with van der Waals surface area (Å²) in [5.74, 6) is 0. The third kappa shape index (κ3) is 2.39. The fourth-order valence-corrected chi connectivity index (χ4v) is 5.66. The lowest BCUT2D eigenvalue weighted by Gasteiger charge is -2.16. The number of nitrogens with zero attached hydrogens (tertiary/aromatic N) is 3. The summed E-state index contributed by atoms with van der Waals surface area (Å²) in [5, 5.41) is 6.26. The molecule has 3 heterocycles. The quantitative estimate of drug-likeness (QED) is 0.868. The van der Waals surface area contributed by atoms with Crippen LogP contribution in [-0.2, 0) is 10.0 Å². The highest BCUT2D eigenvalue weighted by Gasteiger charge is 2.35. The summed E-state index contributed by atoms with van der Waals surface area (Å²) in [4.78, 5) is 0. The Morgan fingerprint density at radius 2 is 2.30 bits per heavy atom. The number of halogens is 1. The number of hydrogen-bond acceptors (Lipinski definition) is 4. The maximum Gasteiger partial charge on any atom is 0.254 e. The lowest BCUT2D eigenvalue weighted by molar-refractivity contribution is 0.435. The monoisotopic (exact) mass is 331 g/mol. The maximum atomic E-state index is 12.5. The first-order valence-corrected chi connectivity index (χ1v) is 8.92. The molecule has 8 heteroatoms. The van der Waals surface area contributed by atoms with Gasteiger partial charge in [0.1, 0.15) is 0 Å². The lowest BCUT2D eigenvalue weighted by atomic mass is 10.3. The van der Waals surface area contributed by atoms with E-state index in [0.29, 0.717) is 18.1 Å². The zero-order valence-electron chi connectivity index (χ0n) is 10.9. The molecule has 2 aromatic heterocycles. The Balaban J connectivity index is 1.82. The van der Waals surface area contributed by atoms with Crippen molar-refractivity contribution in [3.05, 3.63) is 34.4 Å². The van der Waals surface area contributed by atoms with Crippen LogP contribution in [0.4, 0.5) is 0 Å². The second kappa shape index (κ2) is 5.14. The van der Waals surface area contributed by atoms with Crippen LogP contribution >= 0.6 is 22.9 Å². The Morgan fingerprint density at radius 3 is 2.90 bits per heavy atom. The van der Waals surface area contributed by atoms with E-state index in [2.05, 4.69) is 5.10 Å². The molecule has 20 heavy (non-hydrogen) atoms. The molecule has 1 unspecified atom stereocenters. The van der Waals surface area contributed by atoms with Crippen LogP contribution in [0.2, 0.25) is 5.02 Å². The van der Waals surface area contributed by atoms with Crippen molar-refractivity contribution in [1.82, 2.24) is 14.1 Å². The average molecular weight is 332 g/mol. The van der Waals surface area contributed by atoms with E-state index >= 15 is 0 Å². The molecular formula is C12H14ClN3O2S2. The first-order chi connectivity index (χ1) is 9.48. The molecule has 108 valence electrons. The predicted octanol–water partition coefficient (Wildman–Crippen LogP) is 2.54. The first kappa shape index (κ1) is 14.1. The highest BCUT2D eigenvalue weighted by molar-refractivity contribution is 7.91. The number of thiophene rings is 1. The first-order valence-electron chi connectivity index (χ1n) is 6.22. The van der Waals surface area contributed by atoms with E-state index in [9.17, 15) is 8.42 Å². The molecule has 3 rings (SSSR count). The summed E-state index contributed by atoms with van der Waals surface area (Å²) in [5.41, 5.74) is 1.08. The highest BCUT2D eigenvalue weighted by Crippen LogP contribution is 2.33. The molecule has 1 saturated heterocycles. The molecule has 0 amide bonds. The summed E-state index contributed by atoms with van der Waals surface area (Å²) in [6, 6.07) is 1.71. The molecule has 0 saturated carbocycles. The van der Waals surface area contributed by atoms with Gasteiger partial charge >= 0.3 is 0 Å². The standard InChI is InChI=1S/C12H14ClN3O2S2/c1-9-6-14-16(7-9)10-2-4-15(8-10)20(17,18)12-11(13)3-5-19-12/h3,5-7,10H,2,4,8H2,1H3. The number of sulfonamides is 1. The third-order valence-corrected chi connectivity index (χ3v) is 7.26. The Kier molecular flexibility index (Phi) is 3.62. The maximum absolute atomic E-state index is 12.5. The van der Waals surface area contributed by atoms with Crippen LogP contribution in [0.1, 0.15) is 18.0 Å². The molecule has 1 atom stereocenters. The van der Waals surface area contributed by atoms with Crippen molar-refractivity contribution < 1.29 is 8.42 Å². The number of rotatable bonds is 3. The van der Waals surface area contributed by atoms with Gasteiger partial charge < -0.3 is 0 Å². The van der Waals surface area contributed by atoms with Crippen molar-refractivity contribution in [2.45, 2.75) is 23.6 Å². The van der Waals surface area contributed by atoms with Crippen molar-refractivity contribution in [3.63, 3.8) is 0 Å². The number of hydrogen-bond donors (Lipinski definition) is 0. The van der Waals surface area contributed by atoms with Gasteiger partial charge in [0.05, 0.1) is 17.3 Å². The van der Waals surface area contributed by atoms with Gasteiger partial charge in [-0.25, -0.2) is 8.42 Å². The molecule has 0 radical (unpaired) electrons. The zero-order chi connectivity index (χ0) is 14.3. The van der Waals surface area contributed by atoms with E-state index in [1.165, 1.54) is 4.31 Å². The van der Waals surface area contributed by atoms with Gasteiger partial charge in [-0.15, -0.1) is 11.3 Å². The summed E-state index contributed by atoms with van der Waals surface area (Å²) in [6.07, 6.45) is 4.50. The molecule has 5 nitrogen and oxygen atoms in total. The fraction of sp³-hybridized carbons (Fsp3) is 0.417. The second-order valence-electron chi connectivity index (χ2n) is 4.86. The van der Waals surface area contributed by atoms with Crippen LogP contribution in [0.15, 0.2) is 28.0 Å². The second-order valence-corrected chi connectivity index (χ2v) is 8.32. The van der Waals surface area contributed by atoms with E-state index in [4.69, 9.17) is 11.6 Å². The molecule has 0 bridgehead atoms. The molecule has 2 aromatic rings. The molecule has 0 aromatic carbocycles. The average Bonchev–Trinajstić information content (AvgIpc) is 3.07. The van der Waals surface area contributed by atoms with Crippen LogP contribution in [0.5, 0.6) is 0 Å². The van der Waals surface area contributed by atoms with E-state index in [-0.39, 0.29) is 10.3 Å². The van der Waals surface area contributed by atoms with Crippen LogP contribution in [0.25, 0.3) is 0 Å². The normalized spacial score (nSPS) is 20.6. The summed E-state index contributed by atoms with van der Waals surface area (Å²) >= 11 is 7.11. The van der Waals surface area contributed by atoms with E-state index in [1.54, 1.807) is 17.6 Å². The van der Waals surface area contributed by atoms with Gasteiger partial charge in [-0.05, 0) is 30.4 Å². The minimum Gasteiger partial charge on any atom is -0.268 e. The van der Waals surface area contributed by atoms with Gasteiger partial charge in [0.2, 0.25) is 0 Å². The van der Waals surface area contributed by atoms with Crippen molar-refractivity contribution in [2.24, 2.45) is 0 Å². The highest BCUT2D eigenvalue weighted by atomic mass is 35.5. The van der Waals surface area contributed by atoms with Crippen LogP contribution < -0.4 is 0 Å². The molecular weight excluding hydrogens is 318 g/mol. The minimum absolute atomic E-state index is 0.0946. The molecule has 1 fully saturated rings. The van der Waals surface area contributed by atoms with Gasteiger partial charge in [0.25, 0.3) is 10.0 Å².